The van der Waals surface area contributed by atoms with Crippen molar-refractivity contribution in [3.05, 3.63) is 43.1 Å². The first kappa shape index (κ1) is 13.0. The maximum atomic E-state index is 10.1. The van der Waals surface area contributed by atoms with Crippen LogP contribution in [0.15, 0.2) is 32.7 Å². The third-order valence-corrected chi connectivity index (χ3v) is 5.62. The van der Waals surface area contributed by atoms with E-state index in [4.69, 9.17) is 5.73 Å². The SMILES string of the molecule is Nc1cc(CC(O)c2cc(Br)c(Br)s2)ccn1. The second-order valence-electron chi connectivity index (χ2n) is 3.58. The number of anilines is 1. The first-order valence-electron chi connectivity index (χ1n) is 4.89. The summed E-state index contributed by atoms with van der Waals surface area (Å²) >= 11 is 8.33. The lowest BCUT2D eigenvalue weighted by molar-refractivity contribution is 0.182. The van der Waals surface area contributed by atoms with Crippen LogP contribution in [-0.2, 0) is 6.42 Å². The van der Waals surface area contributed by atoms with Gasteiger partial charge in [-0.3, -0.25) is 0 Å². The summed E-state index contributed by atoms with van der Waals surface area (Å²) in [4.78, 5) is 4.84. The van der Waals surface area contributed by atoms with Crippen molar-refractivity contribution >= 4 is 49.0 Å². The number of nitrogen functional groups attached to an aromatic ring is 1. The van der Waals surface area contributed by atoms with E-state index in [0.717, 1.165) is 18.7 Å². The molecule has 0 saturated carbocycles. The molecule has 6 heteroatoms. The number of thiophene rings is 1. The molecule has 0 amide bonds. The fourth-order valence-electron chi connectivity index (χ4n) is 1.47. The average molecular weight is 378 g/mol. The first-order valence-corrected chi connectivity index (χ1v) is 7.29. The second kappa shape index (κ2) is 5.48. The second-order valence-corrected chi connectivity index (χ2v) is 6.84. The van der Waals surface area contributed by atoms with E-state index in [2.05, 4.69) is 36.8 Å². The molecule has 0 radical (unpaired) electrons. The van der Waals surface area contributed by atoms with Gasteiger partial charge < -0.3 is 10.8 Å². The van der Waals surface area contributed by atoms with E-state index in [1.165, 1.54) is 11.3 Å². The molecule has 90 valence electrons. The highest BCUT2D eigenvalue weighted by Crippen LogP contribution is 2.36. The Bertz CT molecular complexity index is 510. The molecule has 2 heterocycles. The van der Waals surface area contributed by atoms with Crippen LogP contribution in [0.3, 0.4) is 0 Å². The molecule has 0 aromatic carbocycles. The van der Waals surface area contributed by atoms with E-state index in [1.54, 1.807) is 12.3 Å². The number of rotatable bonds is 3. The monoisotopic (exact) mass is 376 g/mol. The maximum absolute atomic E-state index is 10.1. The summed E-state index contributed by atoms with van der Waals surface area (Å²) in [6, 6.07) is 5.56. The van der Waals surface area contributed by atoms with Crippen LogP contribution >= 0.6 is 43.2 Å². The summed E-state index contributed by atoms with van der Waals surface area (Å²) in [7, 11) is 0. The van der Waals surface area contributed by atoms with Crippen LogP contribution in [0.5, 0.6) is 0 Å². The number of hydrogen-bond acceptors (Lipinski definition) is 4. The standard InChI is InChI=1S/C11H10Br2N2OS/c12-7-5-9(17-11(7)13)8(16)3-6-1-2-15-10(14)4-6/h1-2,4-5,8,16H,3H2,(H2,14,15). The van der Waals surface area contributed by atoms with Crippen molar-refractivity contribution in [3.8, 4) is 0 Å². The number of nitrogens with two attached hydrogens (primary N) is 1. The molecule has 0 aliphatic carbocycles. The summed E-state index contributed by atoms with van der Waals surface area (Å²) < 4.78 is 1.95. The highest BCUT2D eigenvalue weighted by molar-refractivity contribution is 9.13. The van der Waals surface area contributed by atoms with Gasteiger partial charge in [-0.25, -0.2) is 4.98 Å². The van der Waals surface area contributed by atoms with Crippen molar-refractivity contribution in [2.24, 2.45) is 0 Å². The number of aromatic nitrogens is 1. The summed E-state index contributed by atoms with van der Waals surface area (Å²) in [6.07, 6.45) is 1.66. The van der Waals surface area contributed by atoms with Gasteiger partial charge in [-0.1, -0.05) is 0 Å². The average Bonchev–Trinajstić information content (AvgIpc) is 2.59. The van der Waals surface area contributed by atoms with Gasteiger partial charge in [0, 0.05) is 22.0 Å². The van der Waals surface area contributed by atoms with Gasteiger partial charge in [0.2, 0.25) is 0 Å². The molecular formula is C11H10Br2N2OS. The van der Waals surface area contributed by atoms with Gasteiger partial charge in [-0.05, 0) is 55.6 Å². The zero-order chi connectivity index (χ0) is 12.4. The van der Waals surface area contributed by atoms with E-state index in [1.807, 2.05) is 12.1 Å². The topological polar surface area (TPSA) is 59.1 Å². The summed E-state index contributed by atoms with van der Waals surface area (Å²) in [6.45, 7) is 0. The van der Waals surface area contributed by atoms with Crippen LogP contribution in [0.2, 0.25) is 0 Å². The third-order valence-electron chi connectivity index (χ3n) is 2.27. The Balaban J connectivity index is 2.14. The van der Waals surface area contributed by atoms with Crippen molar-refractivity contribution in [2.75, 3.05) is 5.73 Å². The Labute approximate surface area is 120 Å². The van der Waals surface area contributed by atoms with Crippen LogP contribution in [0.1, 0.15) is 16.5 Å². The molecule has 3 nitrogen and oxygen atoms in total. The first-order chi connectivity index (χ1) is 8.06. The zero-order valence-corrected chi connectivity index (χ0v) is 12.7. The Morgan fingerprint density at radius 3 is 2.76 bits per heavy atom. The van der Waals surface area contributed by atoms with Crippen molar-refractivity contribution in [2.45, 2.75) is 12.5 Å². The fraction of sp³-hybridized carbons (Fsp3) is 0.182. The molecule has 0 aliphatic rings. The molecule has 1 atom stereocenters. The van der Waals surface area contributed by atoms with Crippen molar-refractivity contribution < 1.29 is 5.11 Å². The predicted octanol–water partition coefficient (Wildman–Crippen LogP) is 3.53. The Morgan fingerprint density at radius 1 is 1.41 bits per heavy atom. The molecular weight excluding hydrogens is 368 g/mol. The van der Waals surface area contributed by atoms with Crippen LogP contribution < -0.4 is 5.73 Å². The van der Waals surface area contributed by atoms with Crippen molar-refractivity contribution in [3.63, 3.8) is 0 Å². The smallest absolute Gasteiger partial charge is 0.123 e. The molecule has 0 saturated heterocycles. The summed E-state index contributed by atoms with van der Waals surface area (Å²) in [5, 5.41) is 10.1. The van der Waals surface area contributed by atoms with Gasteiger partial charge in [0.25, 0.3) is 0 Å². The highest BCUT2D eigenvalue weighted by atomic mass is 79.9. The minimum Gasteiger partial charge on any atom is -0.387 e. The lowest BCUT2D eigenvalue weighted by Crippen LogP contribution is -2.00. The number of aliphatic hydroxyl groups excluding tert-OH is 1. The Kier molecular flexibility index (Phi) is 4.19. The molecule has 2 aromatic rings. The van der Waals surface area contributed by atoms with E-state index in [-0.39, 0.29) is 0 Å². The summed E-state index contributed by atoms with van der Waals surface area (Å²) in [5.74, 6) is 0.475. The Hall–Kier alpha value is -0.430. The van der Waals surface area contributed by atoms with Gasteiger partial charge in [0.05, 0.1) is 9.89 Å². The quantitative estimate of drug-likeness (QED) is 0.860. The lowest BCUT2D eigenvalue weighted by Gasteiger charge is -2.08. The Morgan fingerprint density at radius 2 is 2.18 bits per heavy atom. The zero-order valence-electron chi connectivity index (χ0n) is 8.73. The summed E-state index contributed by atoms with van der Waals surface area (Å²) in [5.41, 5.74) is 6.57. The minimum atomic E-state index is -0.524. The van der Waals surface area contributed by atoms with Crippen LogP contribution in [0.25, 0.3) is 0 Å². The molecule has 0 fully saturated rings. The molecule has 17 heavy (non-hydrogen) atoms. The fourth-order valence-corrected chi connectivity index (χ4v) is 3.55. The number of pyridine rings is 1. The van der Waals surface area contributed by atoms with Gasteiger partial charge in [-0.15, -0.1) is 11.3 Å². The maximum Gasteiger partial charge on any atom is 0.123 e. The molecule has 2 aromatic heterocycles. The molecule has 1 unspecified atom stereocenters. The van der Waals surface area contributed by atoms with Crippen molar-refractivity contribution in [1.29, 1.82) is 0 Å². The normalized spacial score (nSPS) is 12.6. The van der Waals surface area contributed by atoms with Gasteiger partial charge in [-0.2, -0.15) is 0 Å². The number of nitrogens with zero attached hydrogens (tertiary/aromatic N) is 1. The van der Waals surface area contributed by atoms with E-state index in [9.17, 15) is 5.11 Å². The molecule has 2 rings (SSSR count). The molecule has 0 bridgehead atoms. The molecule has 0 spiro atoms. The highest BCUT2D eigenvalue weighted by Gasteiger charge is 2.13. The predicted molar refractivity (Wildman–Crippen MR) is 77.0 cm³/mol. The number of aliphatic hydroxyl groups is 1. The van der Waals surface area contributed by atoms with Crippen LogP contribution in [0, 0.1) is 0 Å². The van der Waals surface area contributed by atoms with Crippen LogP contribution in [0.4, 0.5) is 5.82 Å². The van der Waals surface area contributed by atoms with Gasteiger partial charge in [0.15, 0.2) is 0 Å². The van der Waals surface area contributed by atoms with E-state index >= 15 is 0 Å². The van der Waals surface area contributed by atoms with E-state index < -0.39 is 6.10 Å². The lowest BCUT2D eigenvalue weighted by atomic mass is 10.1. The van der Waals surface area contributed by atoms with Gasteiger partial charge >= 0.3 is 0 Å². The van der Waals surface area contributed by atoms with Crippen molar-refractivity contribution in [1.82, 2.24) is 4.98 Å². The third kappa shape index (κ3) is 3.28. The number of halogens is 2. The van der Waals surface area contributed by atoms with Crippen LogP contribution in [-0.4, -0.2) is 10.1 Å². The van der Waals surface area contributed by atoms with Gasteiger partial charge in [0.1, 0.15) is 5.82 Å². The minimum absolute atomic E-state index is 0.475. The van der Waals surface area contributed by atoms with E-state index in [0.29, 0.717) is 12.2 Å². The number of hydrogen-bond donors (Lipinski definition) is 2. The molecule has 0 aliphatic heterocycles. The molecule has 3 N–H and O–H groups in total. The largest absolute Gasteiger partial charge is 0.387 e.